The number of esters is 3. The van der Waals surface area contributed by atoms with Crippen LogP contribution in [0, 0.1) is 0 Å². The molecule has 0 bridgehead atoms. The SMILES string of the molecule is CC/C=C\C/C=C\C/C=C\C/C=C\C/C=C\C/C=C\CCCCCCCCC(=O)OCC(COC(=O)CCCCCCCCCCCCCCCCC)OC(=O)CCCCCCCC/C=C\C/C=C\C/C=C\C/C=C\CC. The predicted molar refractivity (Wildman–Crippen MR) is 334 cm³/mol. The Morgan fingerprint density at radius 1 is 0.273 bits per heavy atom. The third kappa shape index (κ3) is 62.5. The summed E-state index contributed by atoms with van der Waals surface area (Å²) in [4.78, 5) is 38.3. The standard InChI is InChI=1S/C71H118O6/c1-4-7-10-13-16-19-22-25-28-30-32-33-34-35-36-37-39-40-43-46-49-52-55-58-61-64-70(73)76-67-68(66-75-69(72)63-60-57-54-51-48-45-42-27-24-21-18-15-12-9-6-3)77-71(74)65-62-59-56-53-50-47-44-41-38-31-29-26-23-20-17-14-11-8-5-2/h7-8,10-11,16-17,19-20,25-26,28-29,32-33,35-36,38-41,68H,4-6,9,12-15,18,21-24,27,30-31,34,37,42-67H2,1-3H3/b10-7-,11-8-,19-16-,20-17-,28-25-,29-26-,33-32-,36-35-,40-39-,41-38-. The Labute approximate surface area is 475 Å². The Morgan fingerprint density at radius 2 is 0.506 bits per heavy atom. The van der Waals surface area contributed by atoms with E-state index in [2.05, 4.69) is 142 Å². The molecule has 77 heavy (non-hydrogen) atoms. The fourth-order valence-electron chi connectivity index (χ4n) is 8.73. The fourth-order valence-corrected chi connectivity index (χ4v) is 8.73. The molecule has 438 valence electrons. The van der Waals surface area contributed by atoms with Crippen LogP contribution in [0.4, 0.5) is 0 Å². The third-order valence-electron chi connectivity index (χ3n) is 13.5. The van der Waals surface area contributed by atoms with Crippen LogP contribution in [0.15, 0.2) is 122 Å². The molecule has 0 heterocycles. The highest BCUT2D eigenvalue weighted by atomic mass is 16.6. The molecule has 0 rings (SSSR count). The van der Waals surface area contributed by atoms with Crippen molar-refractivity contribution in [2.45, 2.75) is 297 Å². The molecule has 0 aromatic rings. The van der Waals surface area contributed by atoms with Crippen LogP contribution in [-0.2, 0) is 28.6 Å². The largest absolute Gasteiger partial charge is 0.462 e. The van der Waals surface area contributed by atoms with Gasteiger partial charge in [-0.15, -0.1) is 0 Å². The van der Waals surface area contributed by atoms with Crippen LogP contribution in [0.25, 0.3) is 0 Å². The number of hydrogen-bond donors (Lipinski definition) is 0. The van der Waals surface area contributed by atoms with E-state index < -0.39 is 6.10 Å². The van der Waals surface area contributed by atoms with Crippen LogP contribution >= 0.6 is 0 Å². The van der Waals surface area contributed by atoms with E-state index in [1.54, 1.807) is 0 Å². The molecule has 0 aliphatic carbocycles. The number of ether oxygens (including phenoxy) is 3. The van der Waals surface area contributed by atoms with Crippen molar-refractivity contribution in [1.29, 1.82) is 0 Å². The van der Waals surface area contributed by atoms with Gasteiger partial charge in [0.15, 0.2) is 6.10 Å². The first-order valence-corrected chi connectivity index (χ1v) is 32.0. The second kappa shape index (κ2) is 64.3. The summed E-state index contributed by atoms with van der Waals surface area (Å²) in [5.41, 5.74) is 0. The molecule has 1 unspecified atom stereocenters. The molecule has 0 aliphatic rings. The van der Waals surface area contributed by atoms with Crippen LogP contribution in [-0.4, -0.2) is 37.2 Å². The molecule has 0 aromatic carbocycles. The summed E-state index contributed by atoms with van der Waals surface area (Å²) >= 11 is 0. The fraction of sp³-hybridized carbons (Fsp3) is 0.676. The number of unbranched alkanes of at least 4 members (excludes halogenated alkanes) is 26. The van der Waals surface area contributed by atoms with Crippen molar-refractivity contribution < 1.29 is 28.6 Å². The highest BCUT2D eigenvalue weighted by molar-refractivity contribution is 5.71. The summed E-state index contributed by atoms with van der Waals surface area (Å²) in [7, 11) is 0. The molecule has 0 amide bonds. The van der Waals surface area contributed by atoms with Crippen LogP contribution in [0.3, 0.4) is 0 Å². The van der Waals surface area contributed by atoms with Crippen molar-refractivity contribution in [2.24, 2.45) is 0 Å². The molecule has 0 aromatic heterocycles. The zero-order valence-electron chi connectivity index (χ0n) is 50.2. The van der Waals surface area contributed by atoms with Crippen molar-refractivity contribution in [3.63, 3.8) is 0 Å². The number of carbonyl (C=O) groups excluding carboxylic acids is 3. The predicted octanol–water partition coefficient (Wildman–Crippen LogP) is 22.0. The van der Waals surface area contributed by atoms with Crippen molar-refractivity contribution in [3.05, 3.63) is 122 Å². The van der Waals surface area contributed by atoms with Crippen molar-refractivity contribution in [3.8, 4) is 0 Å². The van der Waals surface area contributed by atoms with Gasteiger partial charge in [0, 0.05) is 19.3 Å². The lowest BCUT2D eigenvalue weighted by atomic mass is 10.0. The van der Waals surface area contributed by atoms with Gasteiger partial charge in [-0.05, 0) is 109 Å². The van der Waals surface area contributed by atoms with Crippen molar-refractivity contribution in [2.75, 3.05) is 13.2 Å². The molecule has 6 heteroatoms. The van der Waals surface area contributed by atoms with E-state index in [9.17, 15) is 14.4 Å². The van der Waals surface area contributed by atoms with Crippen LogP contribution in [0.1, 0.15) is 290 Å². The minimum absolute atomic E-state index is 0.0888. The molecule has 0 N–H and O–H groups in total. The normalized spacial score (nSPS) is 12.9. The Balaban J connectivity index is 4.42. The maximum atomic E-state index is 12.9. The maximum Gasteiger partial charge on any atom is 0.306 e. The summed E-state index contributed by atoms with van der Waals surface area (Å²) in [5.74, 6) is -0.911. The molecule has 0 fully saturated rings. The second-order valence-corrected chi connectivity index (χ2v) is 20.9. The van der Waals surface area contributed by atoms with E-state index in [0.29, 0.717) is 19.3 Å². The molecule has 0 saturated heterocycles. The molecule has 1 atom stereocenters. The van der Waals surface area contributed by atoms with Gasteiger partial charge in [0.1, 0.15) is 13.2 Å². The van der Waals surface area contributed by atoms with Gasteiger partial charge >= 0.3 is 17.9 Å². The van der Waals surface area contributed by atoms with Gasteiger partial charge in [-0.1, -0.05) is 284 Å². The van der Waals surface area contributed by atoms with Gasteiger partial charge in [-0.3, -0.25) is 14.4 Å². The van der Waals surface area contributed by atoms with Crippen molar-refractivity contribution in [1.82, 2.24) is 0 Å². The number of rotatable bonds is 57. The van der Waals surface area contributed by atoms with Crippen LogP contribution < -0.4 is 0 Å². The Bertz CT molecular complexity index is 1600. The Morgan fingerprint density at radius 3 is 0.792 bits per heavy atom. The zero-order valence-corrected chi connectivity index (χ0v) is 50.2. The maximum absolute atomic E-state index is 12.9. The molecule has 6 nitrogen and oxygen atoms in total. The first-order chi connectivity index (χ1) is 38.0. The number of allylic oxidation sites excluding steroid dienone is 20. The van der Waals surface area contributed by atoms with Crippen molar-refractivity contribution >= 4 is 17.9 Å². The second-order valence-electron chi connectivity index (χ2n) is 20.9. The lowest BCUT2D eigenvalue weighted by Gasteiger charge is -2.18. The van der Waals surface area contributed by atoms with Gasteiger partial charge in [0.05, 0.1) is 0 Å². The summed E-state index contributed by atoms with van der Waals surface area (Å²) in [6.45, 7) is 6.41. The molecule has 0 saturated carbocycles. The highest BCUT2D eigenvalue weighted by Gasteiger charge is 2.19. The molecule has 0 spiro atoms. The van der Waals surface area contributed by atoms with E-state index in [4.69, 9.17) is 14.2 Å². The minimum Gasteiger partial charge on any atom is -0.462 e. The summed E-state index contributed by atoms with van der Waals surface area (Å²) in [5, 5.41) is 0. The number of carbonyl (C=O) groups is 3. The average Bonchev–Trinajstić information content (AvgIpc) is 3.43. The lowest BCUT2D eigenvalue weighted by Crippen LogP contribution is -2.30. The number of hydrogen-bond acceptors (Lipinski definition) is 6. The third-order valence-corrected chi connectivity index (χ3v) is 13.5. The quantitative estimate of drug-likeness (QED) is 0.0261. The van der Waals surface area contributed by atoms with E-state index in [1.165, 1.54) is 103 Å². The molecule has 0 radical (unpaired) electrons. The van der Waals surface area contributed by atoms with E-state index in [1.807, 2.05) is 0 Å². The molecular formula is C71H118O6. The highest BCUT2D eigenvalue weighted by Crippen LogP contribution is 2.16. The van der Waals surface area contributed by atoms with E-state index >= 15 is 0 Å². The summed E-state index contributed by atoms with van der Waals surface area (Å²) in [6.07, 6.45) is 89.1. The minimum atomic E-state index is -0.795. The van der Waals surface area contributed by atoms with Crippen LogP contribution in [0.2, 0.25) is 0 Å². The smallest absolute Gasteiger partial charge is 0.306 e. The van der Waals surface area contributed by atoms with E-state index in [0.717, 1.165) is 148 Å². The van der Waals surface area contributed by atoms with E-state index in [-0.39, 0.29) is 31.1 Å². The topological polar surface area (TPSA) is 78.9 Å². The lowest BCUT2D eigenvalue weighted by molar-refractivity contribution is -0.167. The Kier molecular flexibility index (Phi) is 60.8. The Hall–Kier alpha value is -4.19. The van der Waals surface area contributed by atoms with Gasteiger partial charge < -0.3 is 14.2 Å². The average molecular weight is 1070 g/mol. The molecule has 0 aliphatic heterocycles. The summed E-state index contributed by atoms with van der Waals surface area (Å²) in [6, 6.07) is 0. The molecular weight excluding hydrogens is 949 g/mol. The first kappa shape index (κ1) is 72.8. The van der Waals surface area contributed by atoms with Crippen LogP contribution in [0.5, 0.6) is 0 Å². The monoisotopic (exact) mass is 1070 g/mol. The van der Waals surface area contributed by atoms with Gasteiger partial charge in [0.25, 0.3) is 0 Å². The van der Waals surface area contributed by atoms with Gasteiger partial charge in [-0.2, -0.15) is 0 Å². The first-order valence-electron chi connectivity index (χ1n) is 32.0. The van der Waals surface area contributed by atoms with Gasteiger partial charge in [0.2, 0.25) is 0 Å². The summed E-state index contributed by atoms with van der Waals surface area (Å²) < 4.78 is 16.9. The van der Waals surface area contributed by atoms with Gasteiger partial charge in [-0.25, -0.2) is 0 Å². The zero-order chi connectivity index (χ0) is 55.7.